The standard InChI is InChI=1S/C17H21ClN2/c1-4-19-17(11-16-13(3)6-5-9-20-16)14-8-7-12(2)10-15(14)18/h5-10,17,19H,4,11H2,1-3H3. The lowest BCUT2D eigenvalue weighted by molar-refractivity contribution is 0.543. The highest BCUT2D eigenvalue weighted by atomic mass is 35.5. The van der Waals surface area contributed by atoms with Gasteiger partial charge in [-0.05, 0) is 49.2 Å². The summed E-state index contributed by atoms with van der Waals surface area (Å²) in [6.45, 7) is 7.17. The van der Waals surface area contributed by atoms with Crippen LogP contribution in [0.25, 0.3) is 0 Å². The monoisotopic (exact) mass is 288 g/mol. The number of aromatic nitrogens is 1. The molecule has 0 aliphatic carbocycles. The van der Waals surface area contributed by atoms with E-state index in [4.69, 9.17) is 11.6 Å². The van der Waals surface area contributed by atoms with Crippen molar-refractivity contribution in [2.45, 2.75) is 33.2 Å². The van der Waals surface area contributed by atoms with E-state index in [2.05, 4.69) is 49.3 Å². The number of nitrogens with one attached hydrogen (secondary N) is 1. The molecule has 1 N–H and O–H groups in total. The second-order valence-corrected chi connectivity index (χ2v) is 5.51. The van der Waals surface area contributed by atoms with Crippen LogP contribution in [0.5, 0.6) is 0 Å². The molecule has 1 unspecified atom stereocenters. The van der Waals surface area contributed by atoms with Gasteiger partial charge in [0.2, 0.25) is 0 Å². The van der Waals surface area contributed by atoms with E-state index in [1.807, 2.05) is 18.3 Å². The maximum Gasteiger partial charge on any atom is 0.0456 e. The van der Waals surface area contributed by atoms with Crippen LogP contribution in [0, 0.1) is 13.8 Å². The first-order valence-electron chi connectivity index (χ1n) is 7.01. The maximum atomic E-state index is 6.41. The molecule has 0 saturated carbocycles. The molecule has 0 saturated heterocycles. The predicted molar refractivity (Wildman–Crippen MR) is 85.3 cm³/mol. The van der Waals surface area contributed by atoms with Gasteiger partial charge in [-0.2, -0.15) is 0 Å². The zero-order chi connectivity index (χ0) is 14.5. The molecule has 2 aromatic rings. The number of hydrogen-bond acceptors (Lipinski definition) is 2. The molecular formula is C17H21ClN2. The van der Waals surface area contributed by atoms with Crippen LogP contribution in [-0.4, -0.2) is 11.5 Å². The molecule has 2 rings (SSSR count). The molecule has 106 valence electrons. The smallest absolute Gasteiger partial charge is 0.0456 e. The lowest BCUT2D eigenvalue weighted by atomic mass is 9.98. The van der Waals surface area contributed by atoms with Gasteiger partial charge in [0.15, 0.2) is 0 Å². The fourth-order valence-electron chi connectivity index (χ4n) is 2.38. The van der Waals surface area contributed by atoms with E-state index >= 15 is 0 Å². The van der Waals surface area contributed by atoms with Crippen molar-refractivity contribution in [3.8, 4) is 0 Å². The number of benzene rings is 1. The van der Waals surface area contributed by atoms with Crippen LogP contribution < -0.4 is 5.32 Å². The van der Waals surface area contributed by atoms with Gasteiger partial charge in [-0.25, -0.2) is 0 Å². The van der Waals surface area contributed by atoms with Crippen molar-refractivity contribution in [1.29, 1.82) is 0 Å². The van der Waals surface area contributed by atoms with Crippen LogP contribution >= 0.6 is 11.6 Å². The van der Waals surface area contributed by atoms with E-state index in [1.165, 1.54) is 11.1 Å². The molecule has 0 amide bonds. The SMILES string of the molecule is CCNC(Cc1ncccc1C)c1ccc(C)cc1Cl. The van der Waals surface area contributed by atoms with Gasteiger partial charge < -0.3 is 5.32 Å². The van der Waals surface area contributed by atoms with Gasteiger partial charge >= 0.3 is 0 Å². The quantitative estimate of drug-likeness (QED) is 0.890. The van der Waals surface area contributed by atoms with Crippen LogP contribution in [0.2, 0.25) is 5.02 Å². The van der Waals surface area contributed by atoms with Gasteiger partial charge in [0.1, 0.15) is 0 Å². The lowest BCUT2D eigenvalue weighted by Crippen LogP contribution is -2.24. The highest BCUT2D eigenvalue weighted by Crippen LogP contribution is 2.27. The van der Waals surface area contributed by atoms with Crippen molar-refractivity contribution >= 4 is 11.6 Å². The molecule has 1 atom stereocenters. The highest BCUT2D eigenvalue weighted by Gasteiger charge is 2.16. The van der Waals surface area contributed by atoms with E-state index in [9.17, 15) is 0 Å². The Morgan fingerprint density at radius 3 is 2.70 bits per heavy atom. The molecule has 2 nitrogen and oxygen atoms in total. The van der Waals surface area contributed by atoms with E-state index in [0.29, 0.717) is 0 Å². The van der Waals surface area contributed by atoms with Gasteiger partial charge in [-0.1, -0.05) is 36.7 Å². The van der Waals surface area contributed by atoms with Gasteiger partial charge in [0, 0.05) is 29.4 Å². The number of hydrogen-bond donors (Lipinski definition) is 1. The number of likely N-dealkylation sites (N-methyl/N-ethyl adjacent to an activating group) is 1. The van der Waals surface area contributed by atoms with E-state index in [0.717, 1.165) is 29.2 Å². The largest absolute Gasteiger partial charge is 0.310 e. The number of rotatable bonds is 5. The summed E-state index contributed by atoms with van der Waals surface area (Å²) in [4.78, 5) is 4.49. The summed E-state index contributed by atoms with van der Waals surface area (Å²) in [7, 11) is 0. The van der Waals surface area contributed by atoms with Crippen molar-refractivity contribution < 1.29 is 0 Å². The second-order valence-electron chi connectivity index (χ2n) is 5.11. The maximum absolute atomic E-state index is 6.41. The topological polar surface area (TPSA) is 24.9 Å². The summed E-state index contributed by atoms with van der Waals surface area (Å²) in [5, 5.41) is 4.33. The first-order valence-corrected chi connectivity index (χ1v) is 7.39. The summed E-state index contributed by atoms with van der Waals surface area (Å²) in [6.07, 6.45) is 2.70. The molecule has 0 spiro atoms. The average molecular weight is 289 g/mol. The zero-order valence-corrected chi connectivity index (χ0v) is 13.0. The molecule has 0 aliphatic rings. The molecule has 1 aromatic heterocycles. The van der Waals surface area contributed by atoms with Crippen LogP contribution in [0.3, 0.4) is 0 Å². The summed E-state index contributed by atoms with van der Waals surface area (Å²) >= 11 is 6.41. The number of pyridine rings is 1. The third kappa shape index (κ3) is 3.59. The van der Waals surface area contributed by atoms with Crippen LogP contribution in [0.4, 0.5) is 0 Å². The minimum absolute atomic E-state index is 0.196. The van der Waals surface area contributed by atoms with Crippen LogP contribution in [-0.2, 0) is 6.42 Å². The van der Waals surface area contributed by atoms with E-state index < -0.39 is 0 Å². The third-order valence-corrected chi connectivity index (χ3v) is 3.82. The molecule has 0 bridgehead atoms. The van der Waals surface area contributed by atoms with Crippen molar-refractivity contribution in [3.63, 3.8) is 0 Å². The van der Waals surface area contributed by atoms with Crippen molar-refractivity contribution in [2.75, 3.05) is 6.54 Å². The first kappa shape index (κ1) is 15.0. The molecule has 0 fully saturated rings. The molecular weight excluding hydrogens is 268 g/mol. The molecule has 20 heavy (non-hydrogen) atoms. The Morgan fingerprint density at radius 2 is 2.05 bits per heavy atom. The molecule has 1 heterocycles. The first-order chi connectivity index (χ1) is 9.61. The Morgan fingerprint density at radius 1 is 1.25 bits per heavy atom. The summed E-state index contributed by atoms with van der Waals surface area (Å²) < 4.78 is 0. The number of aryl methyl sites for hydroxylation is 2. The van der Waals surface area contributed by atoms with Crippen molar-refractivity contribution in [2.24, 2.45) is 0 Å². The van der Waals surface area contributed by atoms with Crippen molar-refractivity contribution in [3.05, 3.63) is 63.9 Å². The molecule has 1 aromatic carbocycles. The molecule has 3 heteroatoms. The normalized spacial score (nSPS) is 12.4. The average Bonchev–Trinajstić information content (AvgIpc) is 2.41. The van der Waals surface area contributed by atoms with Gasteiger partial charge in [-0.15, -0.1) is 0 Å². The second kappa shape index (κ2) is 6.87. The van der Waals surface area contributed by atoms with Gasteiger partial charge in [-0.3, -0.25) is 4.98 Å². The fourth-order valence-corrected chi connectivity index (χ4v) is 2.75. The van der Waals surface area contributed by atoms with E-state index in [1.54, 1.807) is 0 Å². The minimum atomic E-state index is 0.196. The lowest BCUT2D eigenvalue weighted by Gasteiger charge is -2.20. The number of nitrogens with zero attached hydrogens (tertiary/aromatic N) is 1. The number of halogens is 1. The summed E-state index contributed by atoms with van der Waals surface area (Å²) in [5.41, 5.74) is 4.67. The van der Waals surface area contributed by atoms with Gasteiger partial charge in [0.05, 0.1) is 0 Å². The highest BCUT2D eigenvalue weighted by molar-refractivity contribution is 6.31. The molecule has 0 radical (unpaired) electrons. The zero-order valence-electron chi connectivity index (χ0n) is 12.3. The van der Waals surface area contributed by atoms with Crippen LogP contribution in [0.15, 0.2) is 36.5 Å². The Kier molecular flexibility index (Phi) is 5.16. The van der Waals surface area contributed by atoms with Crippen molar-refractivity contribution in [1.82, 2.24) is 10.3 Å². The summed E-state index contributed by atoms with van der Waals surface area (Å²) in [6, 6.07) is 10.5. The Hall–Kier alpha value is -1.38. The summed E-state index contributed by atoms with van der Waals surface area (Å²) in [5.74, 6) is 0. The Labute approximate surface area is 126 Å². The Bertz CT molecular complexity index is 581. The molecule has 0 aliphatic heterocycles. The minimum Gasteiger partial charge on any atom is -0.310 e. The van der Waals surface area contributed by atoms with Gasteiger partial charge in [0.25, 0.3) is 0 Å². The fraction of sp³-hybridized carbons (Fsp3) is 0.353. The van der Waals surface area contributed by atoms with Crippen LogP contribution in [0.1, 0.15) is 35.3 Å². The third-order valence-electron chi connectivity index (χ3n) is 3.50. The Balaban J connectivity index is 2.29. The predicted octanol–water partition coefficient (Wildman–Crippen LogP) is 4.25. The van der Waals surface area contributed by atoms with E-state index in [-0.39, 0.29) is 6.04 Å².